The molecule has 0 aliphatic carbocycles. The van der Waals surface area contributed by atoms with Crippen molar-refractivity contribution < 1.29 is 37.4 Å². The lowest BCUT2D eigenvalue weighted by Gasteiger charge is -2.31. The van der Waals surface area contributed by atoms with E-state index in [0.29, 0.717) is 23.1 Å². The Morgan fingerprint density at radius 2 is 1.63 bits per heavy atom. The van der Waals surface area contributed by atoms with Crippen molar-refractivity contribution in [2.45, 2.75) is 57.7 Å². The van der Waals surface area contributed by atoms with E-state index in [2.05, 4.69) is 10.3 Å². The van der Waals surface area contributed by atoms with Gasteiger partial charge < -0.3 is 29.6 Å². The summed E-state index contributed by atoms with van der Waals surface area (Å²) in [5.74, 6) is 0.0710. The molecule has 13 heteroatoms. The zero-order valence-corrected chi connectivity index (χ0v) is 29.4. The number of sulfonamides is 1. The van der Waals surface area contributed by atoms with Crippen LogP contribution in [0.3, 0.4) is 0 Å². The van der Waals surface area contributed by atoms with Gasteiger partial charge >= 0.3 is 0 Å². The molecule has 0 saturated carbocycles. The highest BCUT2D eigenvalue weighted by Crippen LogP contribution is 2.23. The highest BCUT2D eigenvalue weighted by Gasteiger charge is 2.32. The number of ether oxygens (including phenoxy) is 1. The van der Waals surface area contributed by atoms with Gasteiger partial charge in [0.15, 0.2) is 5.89 Å². The van der Waals surface area contributed by atoms with Crippen LogP contribution in [0.5, 0.6) is 11.5 Å². The first-order valence-corrected chi connectivity index (χ1v) is 17.3. The number of phenolic OH excluding ortho intramolecular Hbond substituents is 1. The summed E-state index contributed by atoms with van der Waals surface area (Å²) in [4.78, 5) is 32.8. The molecule has 1 heterocycles. The minimum Gasteiger partial charge on any atom is -0.508 e. The highest BCUT2D eigenvalue weighted by molar-refractivity contribution is 7.89. The number of carbonyl (C=O) groups excluding carboxylic acids is 2. The number of benzene rings is 3. The molecule has 2 atom stereocenters. The van der Waals surface area contributed by atoms with Crippen molar-refractivity contribution in [1.29, 1.82) is 0 Å². The third-order valence-corrected chi connectivity index (χ3v) is 9.74. The van der Waals surface area contributed by atoms with Gasteiger partial charge in [-0.25, -0.2) is 13.4 Å². The van der Waals surface area contributed by atoms with Gasteiger partial charge in [-0.05, 0) is 67.3 Å². The minimum atomic E-state index is -4.04. The van der Waals surface area contributed by atoms with Crippen molar-refractivity contribution in [2.24, 2.45) is 5.92 Å². The second kappa shape index (κ2) is 16.1. The third-order valence-electron chi connectivity index (χ3n) is 7.90. The van der Waals surface area contributed by atoms with Gasteiger partial charge in [-0.2, -0.15) is 4.31 Å². The van der Waals surface area contributed by atoms with Crippen LogP contribution in [0.1, 0.15) is 57.5 Å². The predicted molar refractivity (Wildman–Crippen MR) is 184 cm³/mol. The number of aromatic nitrogens is 1. The van der Waals surface area contributed by atoms with Gasteiger partial charge in [-0.3, -0.25) is 9.59 Å². The molecule has 0 radical (unpaired) electrons. The van der Waals surface area contributed by atoms with E-state index in [0.717, 1.165) is 5.56 Å². The molecular weight excluding hydrogens is 648 g/mol. The number of hydrogen-bond donors (Lipinski definition) is 3. The summed E-state index contributed by atoms with van der Waals surface area (Å²) >= 11 is 0. The molecule has 3 aromatic carbocycles. The number of aliphatic hydroxyl groups is 1. The second-order valence-corrected chi connectivity index (χ2v) is 14.3. The fraction of sp³-hybridized carbons (Fsp3) is 0.361. The number of carbonyl (C=O) groups is 2. The summed E-state index contributed by atoms with van der Waals surface area (Å²) in [6.45, 7) is 7.17. The van der Waals surface area contributed by atoms with Crippen LogP contribution in [0.25, 0.3) is 0 Å². The molecule has 262 valence electrons. The summed E-state index contributed by atoms with van der Waals surface area (Å²) in [7, 11) is -0.974. The standard InChI is InChI=1S/C36H44N4O8S/c1-23(2)20-40(49(45,46)31-14-12-30(47-6)13-15-31)22-34(42)32(16-26-10-8-7-9-11-26)38-35(43)27-17-28(19-29(41)18-27)36(44)39(5)21-33-24(3)48-25(4)37-33/h7-15,17-19,23,32,34,41-42H,16,20-22H2,1-6H3,(H,38,43)/t32-,34+/m0/s1. The maximum absolute atomic E-state index is 13.8. The first kappa shape index (κ1) is 37.1. The van der Waals surface area contributed by atoms with E-state index in [4.69, 9.17) is 9.15 Å². The number of rotatable bonds is 15. The van der Waals surface area contributed by atoms with Crippen LogP contribution in [0.4, 0.5) is 0 Å². The predicted octanol–water partition coefficient (Wildman–Crippen LogP) is 4.33. The van der Waals surface area contributed by atoms with Crippen molar-refractivity contribution in [3.8, 4) is 11.5 Å². The van der Waals surface area contributed by atoms with Gasteiger partial charge in [-0.1, -0.05) is 44.2 Å². The van der Waals surface area contributed by atoms with Gasteiger partial charge in [0, 0.05) is 38.2 Å². The number of aliphatic hydroxyl groups excluding tert-OH is 1. The van der Waals surface area contributed by atoms with Crippen molar-refractivity contribution in [1.82, 2.24) is 19.5 Å². The van der Waals surface area contributed by atoms with E-state index in [1.54, 1.807) is 33.0 Å². The van der Waals surface area contributed by atoms with Crippen LogP contribution in [0, 0.1) is 19.8 Å². The molecule has 1 aromatic heterocycles. The first-order valence-electron chi connectivity index (χ1n) is 15.9. The summed E-state index contributed by atoms with van der Waals surface area (Å²) < 4.78 is 39.4. The molecule has 0 aliphatic rings. The molecule has 49 heavy (non-hydrogen) atoms. The van der Waals surface area contributed by atoms with Gasteiger partial charge in [0.1, 0.15) is 23.0 Å². The number of oxazole rings is 1. The van der Waals surface area contributed by atoms with E-state index in [1.165, 1.54) is 46.6 Å². The van der Waals surface area contributed by atoms with Gasteiger partial charge in [0.25, 0.3) is 11.8 Å². The third kappa shape index (κ3) is 9.68. The first-order chi connectivity index (χ1) is 23.2. The Kier molecular flexibility index (Phi) is 12.2. The van der Waals surface area contributed by atoms with Crippen LogP contribution in [0.15, 0.2) is 82.1 Å². The molecule has 0 aliphatic heterocycles. The summed E-state index contributed by atoms with van der Waals surface area (Å²) in [5.41, 5.74) is 1.44. The number of hydrogen-bond acceptors (Lipinski definition) is 9. The van der Waals surface area contributed by atoms with Gasteiger partial charge in [0.05, 0.1) is 30.7 Å². The smallest absolute Gasteiger partial charge is 0.254 e. The number of aryl methyl sites for hydroxylation is 2. The van der Waals surface area contributed by atoms with E-state index >= 15 is 0 Å². The van der Waals surface area contributed by atoms with Crippen molar-refractivity contribution in [2.75, 3.05) is 27.2 Å². The number of aromatic hydroxyl groups is 1. The molecule has 0 saturated heterocycles. The van der Waals surface area contributed by atoms with E-state index in [9.17, 15) is 28.2 Å². The van der Waals surface area contributed by atoms with E-state index in [-0.39, 0.29) is 53.7 Å². The average molecular weight is 693 g/mol. The van der Waals surface area contributed by atoms with Crippen LogP contribution in [-0.2, 0) is 23.0 Å². The molecular formula is C36H44N4O8S. The molecule has 2 amide bonds. The number of phenols is 1. The Morgan fingerprint density at radius 1 is 0.980 bits per heavy atom. The molecule has 4 rings (SSSR count). The summed E-state index contributed by atoms with van der Waals surface area (Å²) in [6.07, 6.45) is -1.16. The number of methoxy groups -OCH3 is 1. The van der Waals surface area contributed by atoms with Crippen LogP contribution >= 0.6 is 0 Å². The lowest BCUT2D eigenvalue weighted by molar-refractivity contribution is 0.0774. The van der Waals surface area contributed by atoms with Crippen LogP contribution in [-0.4, -0.2) is 84.0 Å². The maximum Gasteiger partial charge on any atom is 0.254 e. The number of nitrogens with zero attached hydrogens (tertiary/aromatic N) is 3. The lowest BCUT2D eigenvalue weighted by atomic mass is 10.00. The lowest BCUT2D eigenvalue weighted by Crippen LogP contribution is -2.51. The SMILES string of the molecule is COc1ccc(S(=O)(=O)N(CC(C)C)C[C@@H](O)[C@H](Cc2ccccc2)NC(=O)c2cc(O)cc(C(=O)N(C)Cc3nc(C)oc3C)c2)cc1. The fourth-order valence-electron chi connectivity index (χ4n) is 5.42. The van der Waals surface area contributed by atoms with Crippen molar-refractivity contribution >= 4 is 21.8 Å². The molecule has 0 spiro atoms. The molecule has 12 nitrogen and oxygen atoms in total. The Labute approximate surface area is 287 Å². The molecule has 3 N–H and O–H groups in total. The van der Waals surface area contributed by atoms with E-state index in [1.807, 2.05) is 44.2 Å². The topological polar surface area (TPSA) is 163 Å². The largest absolute Gasteiger partial charge is 0.508 e. The second-order valence-electron chi connectivity index (χ2n) is 12.4. The van der Waals surface area contributed by atoms with Crippen molar-refractivity contribution in [3.63, 3.8) is 0 Å². The van der Waals surface area contributed by atoms with Crippen LogP contribution < -0.4 is 10.1 Å². The molecule has 0 bridgehead atoms. The summed E-state index contributed by atoms with van der Waals surface area (Å²) in [6, 6.07) is 18.1. The normalized spacial score (nSPS) is 12.9. The molecule has 0 unspecified atom stereocenters. The zero-order valence-electron chi connectivity index (χ0n) is 28.6. The molecule has 0 fully saturated rings. The van der Waals surface area contributed by atoms with Crippen molar-refractivity contribution in [3.05, 3.63) is 107 Å². The minimum absolute atomic E-state index is 0.0136. The maximum atomic E-state index is 13.8. The monoisotopic (exact) mass is 692 g/mol. The summed E-state index contributed by atoms with van der Waals surface area (Å²) in [5, 5.41) is 25.0. The Bertz CT molecular complexity index is 1840. The fourth-order valence-corrected chi connectivity index (χ4v) is 7.04. The Morgan fingerprint density at radius 3 is 2.22 bits per heavy atom. The Balaban J connectivity index is 1.59. The Hall–Kier alpha value is -4.72. The average Bonchev–Trinajstić information content (AvgIpc) is 3.38. The van der Waals surface area contributed by atoms with Gasteiger partial charge in [0.2, 0.25) is 10.0 Å². The highest BCUT2D eigenvalue weighted by atomic mass is 32.2. The number of nitrogens with one attached hydrogen (secondary N) is 1. The van der Waals surface area contributed by atoms with Crippen LogP contribution in [0.2, 0.25) is 0 Å². The molecule has 4 aromatic rings. The quantitative estimate of drug-likeness (QED) is 0.165. The zero-order chi connectivity index (χ0) is 35.9. The van der Waals surface area contributed by atoms with E-state index < -0.39 is 34.0 Å². The van der Waals surface area contributed by atoms with Gasteiger partial charge in [-0.15, -0.1) is 0 Å². The number of amides is 2.